The Morgan fingerprint density at radius 3 is 2.72 bits per heavy atom. The standard InChI is InChI=1S/C24H28N4O2.C5H12O/c1-5-6-13-28-23(29)20(15-25-24(28)27(3)4)26-16(2)17-11-12-22-19(14-17)18-9-7-8-10-21(18)30-22;1-3-4-5-6-2/h5-10,14-16,26H,11-13H2,1-4H3;3-5H2,1-2H3/b6-5+;. The molecule has 0 saturated heterocycles. The molecular formula is C29H40N4O3. The molecule has 1 unspecified atom stereocenters. The molecule has 0 amide bonds. The number of nitrogens with one attached hydrogen (secondary N) is 1. The Labute approximate surface area is 214 Å². The van der Waals surface area contributed by atoms with Gasteiger partial charge in [-0.05, 0) is 44.4 Å². The van der Waals surface area contributed by atoms with Gasteiger partial charge in [0, 0.05) is 57.8 Å². The number of benzene rings is 1. The summed E-state index contributed by atoms with van der Waals surface area (Å²) in [6.07, 6.45) is 11.9. The fourth-order valence-electron chi connectivity index (χ4n) is 4.25. The Morgan fingerprint density at radius 1 is 1.28 bits per heavy atom. The summed E-state index contributed by atoms with van der Waals surface area (Å²) in [4.78, 5) is 19.5. The molecule has 1 aliphatic rings. The number of nitrogens with zero attached hydrogens (tertiary/aromatic N) is 3. The highest BCUT2D eigenvalue weighted by atomic mass is 16.5. The number of allylic oxidation sites excluding steroid dienone is 2. The van der Waals surface area contributed by atoms with Gasteiger partial charge >= 0.3 is 0 Å². The molecule has 0 fully saturated rings. The molecule has 0 radical (unpaired) electrons. The molecule has 0 saturated carbocycles. The lowest BCUT2D eigenvalue weighted by molar-refractivity contribution is 0.194. The lowest BCUT2D eigenvalue weighted by Gasteiger charge is -2.23. The SMILES string of the molecule is C/C=C/Cn1c(N(C)C)ncc(NC(C)C2=Cc3c(oc4ccccc34)CC2)c1=O.CCCCOC. The highest BCUT2D eigenvalue weighted by molar-refractivity contribution is 5.89. The average Bonchev–Trinajstić information content (AvgIpc) is 3.26. The number of fused-ring (bicyclic) bond motifs is 3. The van der Waals surface area contributed by atoms with Crippen LogP contribution in [0.5, 0.6) is 0 Å². The molecule has 2 aromatic heterocycles. The van der Waals surface area contributed by atoms with E-state index in [1.807, 2.05) is 56.3 Å². The summed E-state index contributed by atoms with van der Waals surface area (Å²) in [6.45, 7) is 7.60. The lowest BCUT2D eigenvalue weighted by atomic mass is 9.92. The van der Waals surface area contributed by atoms with Gasteiger partial charge in [-0.1, -0.05) is 43.7 Å². The maximum Gasteiger partial charge on any atom is 0.278 e. The molecule has 4 rings (SSSR count). The van der Waals surface area contributed by atoms with Crippen molar-refractivity contribution in [3.63, 3.8) is 0 Å². The smallest absolute Gasteiger partial charge is 0.278 e. The molecule has 36 heavy (non-hydrogen) atoms. The van der Waals surface area contributed by atoms with Crippen LogP contribution in [0.1, 0.15) is 51.4 Å². The Balaban J connectivity index is 0.000000538. The van der Waals surface area contributed by atoms with Gasteiger partial charge in [-0.25, -0.2) is 4.98 Å². The summed E-state index contributed by atoms with van der Waals surface area (Å²) in [5, 5.41) is 4.54. The zero-order chi connectivity index (χ0) is 26.1. The van der Waals surface area contributed by atoms with E-state index in [1.165, 1.54) is 18.4 Å². The molecule has 0 spiro atoms. The number of unbranched alkanes of at least 4 members (excludes halogenated alkanes) is 1. The molecule has 194 valence electrons. The minimum atomic E-state index is -0.0653. The Morgan fingerprint density at radius 2 is 2.06 bits per heavy atom. The van der Waals surface area contributed by atoms with E-state index >= 15 is 0 Å². The molecule has 7 heteroatoms. The summed E-state index contributed by atoms with van der Waals surface area (Å²) in [6, 6.07) is 8.15. The third kappa shape index (κ3) is 6.46. The predicted molar refractivity (Wildman–Crippen MR) is 150 cm³/mol. The van der Waals surface area contributed by atoms with Crippen molar-refractivity contribution in [1.82, 2.24) is 9.55 Å². The van der Waals surface area contributed by atoms with E-state index < -0.39 is 0 Å². The molecule has 1 atom stereocenters. The Hall–Kier alpha value is -3.32. The molecule has 1 aromatic carbocycles. The minimum Gasteiger partial charge on any atom is -0.460 e. The van der Waals surface area contributed by atoms with Crippen LogP contribution in [0.25, 0.3) is 17.0 Å². The number of rotatable bonds is 9. The first-order valence-corrected chi connectivity index (χ1v) is 12.8. The summed E-state index contributed by atoms with van der Waals surface area (Å²) in [5.41, 5.74) is 3.79. The topological polar surface area (TPSA) is 72.5 Å². The molecule has 2 heterocycles. The van der Waals surface area contributed by atoms with Crippen LogP contribution in [0.2, 0.25) is 0 Å². The summed E-state index contributed by atoms with van der Waals surface area (Å²) >= 11 is 0. The quantitative estimate of drug-likeness (QED) is 0.296. The maximum atomic E-state index is 13.1. The van der Waals surface area contributed by atoms with E-state index in [0.29, 0.717) is 18.2 Å². The first-order chi connectivity index (χ1) is 17.4. The van der Waals surface area contributed by atoms with Gasteiger partial charge in [-0.3, -0.25) is 9.36 Å². The number of hydrogen-bond donors (Lipinski definition) is 1. The number of aryl methyl sites for hydroxylation is 1. The molecule has 1 N–H and O–H groups in total. The van der Waals surface area contributed by atoms with Crippen molar-refractivity contribution in [3.05, 3.63) is 69.9 Å². The fraction of sp³-hybridized carbons (Fsp3) is 0.448. The molecular weight excluding hydrogens is 452 g/mol. The normalized spacial score (nSPS) is 13.7. The lowest BCUT2D eigenvalue weighted by Crippen LogP contribution is -2.32. The van der Waals surface area contributed by atoms with Crippen LogP contribution in [-0.4, -0.2) is 43.4 Å². The molecule has 7 nitrogen and oxygen atoms in total. The van der Waals surface area contributed by atoms with Gasteiger partial charge in [0.15, 0.2) is 0 Å². The van der Waals surface area contributed by atoms with Crippen LogP contribution in [-0.2, 0) is 17.7 Å². The van der Waals surface area contributed by atoms with Gasteiger partial charge in [0.25, 0.3) is 5.56 Å². The van der Waals surface area contributed by atoms with Gasteiger partial charge in [-0.15, -0.1) is 0 Å². The van der Waals surface area contributed by atoms with Crippen molar-refractivity contribution < 1.29 is 9.15 Å². The first-order valence-electron chi connectivity index (χ1n) is 12.8. The second kappa shape index (κ2) is 13.1. The van der Waals surface area contributed by atoms with Crippen LogP contribution < -0.4 is 15.8 Å². The van der Waals surface area contributed by atoms with Crippen LogP contribution >= 0.6 is 0 Å². The van der Waals surface area contributed by atoms with E-state index in [1.54, 1.807) is 17.9 Å². The third-order valence-electron chi connectivity index (χ3n) is 6.26. The fourth-order valence-corrected chi connectivity index (χ4v) is 4.25. The second-order valence-electron chi connectivity index (χ2n) is 9.22. The maximum absolute atomic E-state index is 13.1. The molecule has 0 bridgehead atoms. The van der Waals surface area contributed by atoms with Gasteiger partial charge in [-0.2, -0.15) is 0 Å². The Bertz CT molecular complexity index is 1250. The van der Waals surface area contributed by atoms with Crippen molar-refractivity contribution in [2.24, 2.45) is 0 Å². The zero-order valence-corrected chi connectivity index (χ0v) is 22.5. The highest BCUT2D eigenvalue weighted by Gasteiger charge is 2.21. The average molecular weight is 493 g/mol. The van der Waals surface area contributed by atoms with Crippen LogP contribution in [0.4, 0.5) is 11.6 Å². The number of para-hydroxylation sites is 1. The third-order valence-corrected chi connectivity index (χ3v) is 6.26. The summed E-state index contributed by atoms with van der Waals surface area (Å²) < 4.78 is 12.5. The van der Waals surface area contributed by atoms with E-state index in [-0.39, 0.29) is 11.6 Å². The van der Waals surface area contributed by atoms with Crippen molar-refractivity contribution in [1.29, 1.82) is 0 Å². The predicted octanol–water partition coefficient (Wildman–Crippen LogP) is 5.89. The van der Waals surface area contributed by atoms with Crippen molar-refractivity contribution in [2.45, 2.75) is 59.0 Å². The van der Waals surface area contributed by atoms with Crippen LogP contribution in [0.15, 0.2) is 57.4 Å². The van der Waals surface area contributed by atoms with Crippen molar-refractivity contribution in [3.8, 4) is 0 Å². The summed E-state index contributed by atoms with van der Waals surface area (Å²) in [7, 11) is 5.52. The number of anilines is 2. The van der Waals surface area contributed by atoms with Gasteiger partial charge in [0.1, 0.15) is 17.0 Å². The van der Waals surface area contributed by atoms with E-state index in [0.717, 1.165) is 41.7 Å². The molecule has 1 aliphatic carbocycles. The van der Waals surface area contributed by atoms with E-state index in [4.69, 9.17) is 9.15 Å². The molecule has 0 aliphatic heterocycles. The second-order valence-corrected chi connectivity index (χ2v) is 9.22. The minimum absolute atomic E-state index is 0.0154. The Kier molecular flexibility index (Phi) is 9.94. The van der Waals surface area contributed by atoms with Gasteiger partial charge < -0.3 is 19.4 Å². The summed E-state index contributed by atoms with van der Waals surface area (Å²) in [5.74, 6) is 1.68. The number of hydrogen-bond acceptors (Lipinski definition) is 6. The number of furan rings is 1. The van der Waals surface area contributed by atoms with Gasteiger partial charge in [0.05, 0.1) is 6.20 Å². The van der Waals surface area contributed by atoms with E-state index in [2.05, 4.69) is 36.3 Å². The largest absolute Gasteiger partial charge is 0.460 e. The highest BCUT2D eigenvalue weighted by Crippen LogP contribution is 2.34. The van der Waals surface area contributed by atoms with Crippen molar-refractivity contribution >= 4 is 28.7 Å². The first kappa shape index (κ1) is 27.3. The number of aromatic nitrogens is 2. The van der Waals surface area contributed by atoms with E-state index in [9.17, 15) is 4.79 Å². The number of ether oxygens (including phenoxy) is 1. The number of methoxy groups -OCH3 is 1. The van der Waals surface area contributed by atoms with Crippen LogP contribution in [0, 0.1) is 0 Å². The zero-order valence-electron chi connectivity index (χ0n) is 22.5. The van der Waals surface area contributed by atoms with Gasteiger partial charge in [0.2, 0.25) is 5.95 Å². The monoisotopic (exact) mass is 492 g/mol. The molecule has 3 aromatic rings. The van der Waals surface area contributed by atoms with Crippen molar-refractivity contribution in [2.75, 3.05) is 38.0 Å². The van der Waals surface area contributed by atoms with Crippen LogP contribution in [0.3, 0.4) is 0 Å².